The summed E-state index contributed by atoms with van der Waals surface area (Å²) in [6.07, 6.45) is 1.92. The van der Waals surface area contributed by atoms with Crippen molar-refractivity contribution < 1.29 is 12.8 Å². The third-order valence-corrected chi connectivity index (χ3v) is 7.45. The Hall–Kier alpha value is -3.95. The van der Waals surface area contributed by atoms with Gasteiger partial charge in [0.25, 0.3) is 0 Å². The maximum Gasteiger partial charge on any atom is 0.250 e. The molecule has 4 aromatic rings. The van der Waals surface area contributed by atoms with Gasteiger partial charge in [0.1, 0.15) is 11.9 Å². The lowest BCUT2D eigenvalue weighted by molar-refractivity contribution is 0.583. The standard InChI is InChI=1S/C28H26FN3O4S/c1-18-15-23(29)10-13-25(18)26(16-27(31-34)22-9-14-28(33)32(2)17-22)21-5-3-19(4-6-21)20-7-11-24(12-8-20)37(30,35)36/h3-15,17,26-27H,16H2,1-2H3,(H2,30,35,36)/t26-,27?/m1/s1. The quantitative estimate of drug-likeness (QED) is 0.323. The van der Waals surface area contributed by atoms with Crippen molar-refractivity contribution in [2.75, 3.05) is 0 Å². The molecule has 0 aliphatic rings. The average molecular weight is 520 g/mol. The molecule has 1 unspecified atom stereocenters. The lowest BCUT2D eigenvalue weighted by Crippen LogP contribution is -2.16. The zero-order valence-electron chi connectivity index (χ0n) is 20.3. The summed E-state index contributed by atoms with van der Waals surface area (Å²) < 4.78 is 38.4. The van der Waals surface area contributed by atoms with Gasteiger partial charge in [-0.25, -0.2) is 17.9 Å². The van der Waals surface area contributed by atoms with Gasteiger partial charge >= 0.3 is 0 Å². The summed E-state index contributed by atoms with van der Waals surface area (Å²) in [6.45, 7) is 1.82. The molecule has 0 spiro atoms. The fourth-order valence-corrected chi connectivity index (χ4v) is 5.01. The molecule has 0 saturated heterocycles. The van der Waals surface area contributed by atoms with Gasteiger partial charge in [-0.05, 0) is 77.1 Å². The number of pyridine rings is 1. The van der Waals surface area contributed by atoms with Gasteiger partial charge in [0.05, 0.1) is 4.90 Å². The lowest BCUT2D eigenvalue weighted by atomic mass is 9.82. The van der Waals surface area contributed by atoms with E-state index in [1.807, 2.05) is 31.2 Å². The Bertz CT molecular complexity index is 1600. The number of hydrogen-bond donors (Lipinski definition) is 1. The smallest absolute Gasteiger partial charge is 0.250 e. The highest BCUT2D eigenvalue weighted by Crippen LogP contribution is 2.38. The molecule has 2 atom stereocenters. The summed E-state index contributed by atoms with van der Waals surface area (Å²) >= 11 is 0. The minimum atomic E-state index is -3.78. The number of benzene rings is 3. The van der Waals surface area contributed by atoms with E-state index in [2.05, 4.69) is 5.18 Å². The Balaban J connectivity index is 1.71. The van der Waals surface area contributed by atoms with E-state index in [9.17, 15) is 22.5 Å². The second-order valence-corrected chi connectivity index (χ2v) is 10.6. The molecule has 1 aromatic heterocycles. The molecule has 0 radical (unpaired) electrons. The number of nitrogens with zero attached hydrogens (tertiary/aromatic N) is 2. The molecule has 0 saturated carbocycles. The zero-order chi connectivity index (χ0) is 26.7. The van der Waals surface area contributed by atoms with Gasteiger partial charge in [-0.1, -0.05) is 47.6 Å². The molecule has 0 fully saturated rings. The summed E-state index contributed by atoms with van der Waals surface area (Å²) in [5.74, 6) is -0.624. The maximum atomic E-state index is 13.9. The molecule has 0 aliphatic carbocycles. The van der Waals surface area contributed by atoms with Crippen LogP contribution in [0.2, 0.25) is 0 Å². The van der Waals surface area contributed by atoms with Crippen molar-refractivity contribution in [3.8, 4) is 11.1 Å². The summed E-state index contributed by atoms with van der Waals surface area (Å²) in [4.78, 5) is 23.8. The Labute approximate surface area is 214 Å². The molecule has 3 aromatic carbocycles. The van der Waals surface area contributed by atoms with Crippen LogP contribution < -0.4 is 10.7 Å². The van der Waals surface area contributed by atoms with E-state index in [0.29, 0.717) is 12.0 Å². The number of aryl methyl sites for hydroxylation is 2. The first-order valence-corrected chi connectivity index (χ1v) is 13.1. The maximum absolute atomic E-state index is 13.9. The Morgan fingerprint density at radius 2 is 1.51 bits per heavy atom. The topological polar surface area (TPSA) is 112 Å². The average Bonchev–Trinajstić information content (AvgIpc) is 2.87. The number of rotatable bonds is 8. The van der Waals surface area contributed by atoms with Gasteiger partial charge < -0.3 is 4.57 Å². The molecule has 37 heavy (non-hydrogen) atoms. The van der Waals surface area contributed by atoms with E-state index in [1.165, 1.54) is 34.9 Å². The van der Waals surface area contributed by atoms with Crippen molar-refractivity contribution >= 4 is 10.0 Å². The van der Waals surface area contributed by atoms with E-state index in [1.54, 1.807) is 37.5 Å². The number of hydrogen-bond acceptors (Lipinski definition) is 5. The molecule has 190 valence electrons. The van der Waals surface area contributed by atoms with Crippen molar-refractivity contribution in [1.82, 2.24) is 4.57 Å². The molecule has 0 amide bonds. The van der Waals surface area contributed by atoms with Gasteiger partial charge in [0, 0.05) is 25.2 Å². The van der Waals surface area contributed by atoms with E-state index >= 15 is 0 Å². The molecule has 9 heteroatoms. The SMILES string of the molecule is Cc1cc(F)ccc1[C@H](CC(N=O)c1ccc(=O)n(C)c1)c1ccc(-c2ccc(S(N)(=O)=O)cc2)cc1. The van der Waals surface area contributed by atoms with Gasteiger partial charge in [-0.15, -0.1) is 0 Å². The highest BCUT2D eigenvalue weighted by molar-refractivity contribution is 7.89. The molecule has 2 N–H and O–H groups in total. The Kier molecular flexibility index (Phi) is 7.47. The highest BCUT2D eigenvalue weighted by Gasteiger charge is 2.24. The molecular formula is C28H26FN3O4S. The Morgan fingerprint density at radius 3 is 2.05 bits per heavy atom. The molecule has 0 aliphatic heterocycles. The lowest BCUT2D eigenvalue weighted by Gasteiger charge is -2.23. The first kappa shape index (κ1) is 26.1. The highest BCUT2D eigenvalue weighted by atomic mass is 32.2. The molecule has 7 nitrogen and oxygen atoms in total. The minimum Gasteiger partial charge on any atom is -0.318 e. The molecule has 4 rings (SSSR count). The number of nitrogens with two attached hydrogens (primary N) is 1. The monoisotopic (exact) mass is 519 g/mol. The van der Waals surface area contributed by atoms with E-state index in [4.69, 9.17) is 5.14 Å². The fourth-order valence-electron chi connectivity index (χ4n) is 4.49. The van der Waals surface area contributed by atoms with Crippen LogP contribution in [-0.2, 0) is 17.1 Å². The number of aromatic nitrogens is 1. The predicted octanol–water partition coefficient (Wildman–Crippen LogP) is 5.18. The van der Waals surface area contributed by atoms with Crippen molar-refractivity contribution in [2.24, 2.45) is 17.4 Å². The van der Waals surface area contributed by atoms with Crippen LogP contribution in [0.5, 0.6) is 0 Å². The summed E-state index contributed by atoms with van der Waals surface area (Å²) in [7, 11) is -2.17. The normalized spacial score (nSPS) is 13.2. The summed E-state index contributed by atoms with van der Waals surface area (Å²) in [5, 5.41) is 8.55. The van der Waals surface area contributed by atoms with Crippen molar-refractivity contribution in [1.29, 1.82) is 0 Å². The molecular weight excluding hydrogens is 493 g/mol. The number of nitroso groups, excluding NO2 is 1. The van der Waals surface area contributed by atoms with Crippen LogP contribution in [0.15, 0.2) is 99.9 Å². The van der Waals surface area contributed by atoms with E-state index in [-0.39, 0.29) is 22.2 Å². The van der Waals surface area contributed by atoms with Crippen molar-refractivity contribution in [3.63, 3.8) is 0 Å². The van der Waals surface area contributed by atoms with Gasteiger partial charge in [-0.2, -0.15) is 4.91 Å². The fraction of sp³-hybridized carbons (Fsp3) is 0.179. The Morgan fingerprint density at radius 1 is 0.919 bits per heavy atom. The van der Waals surface area contributed by atoms with E-state index in [0.717, 1.165) is 27.8 Å². The van der Waals surface area contributed by atoms with Crippen LogP contribution in [0.1, 0.15) is 40.6 Å². The van der Waals surface area contributed by atoms with Crippen LogP contribution in [-0.4, -0.2) is 13.0 Å². The van der Waals surface area contributed by atoms with Gasteiger partial charge in [0.2, 0.25) is 15.6 Å². The van der Waals surface area contributed by atoms with Gasteiger partial charge in [-0.3, -0.25) is 4.79 Å². The van der Waals surface area contributed by atoms with E-state index < -0.39 is 16.1 Å². The molecule has 1 heterocycles. The first-order chi connectivity index (χ1) is 17.6. The number of halogens is 1. The van der Waals surface area contributed by atoms with Crippen LogP contribution in [0, 0.1) is 17.6 Å². The third kappa shape index (κ3) is 5.90. The summed E-state index contributed by atoms with van der Waals surface area (Å²) in [6, 6.07) is 20.8. The van der Waals surface area contributed by atoms with Crippen molar-refractivity contribution in [3.05, 3.63) is 128 Å². The van der Waals surface area contributed by atoms with Crippen LogP contribution in [0.25, 0.3) is 11.1 Å². The largest absolute Gasteiger partial charge is 0.318 e. The number of sulfonamides is 1. The van der Waals surface area contributed by atoms with Crippen molar-refractivity contribution in [2.45, 2.75) is 30.2 Å². The number of primary sulfonamides is 1. The predicted molar refractivity (Wildman–Crippen MR) is 141 cm³/mol. The summed E-state index contributed by atoms with van der Waals surface area (Å²) in [5.41, 5.74) is 4.62. The minimum absolute atomic E-state index is 0.0329. The van der Waals surface area contributed by atoms with Crippen LogP contribution in [0.3, 0.4) is 0 Å². The van der Waals surface area contributed by atoms with Crippen LogP contribution in [0.4, 0.5) is 4.39 Å². The second kappa shape index (κ2) is 10.6. The van der Waals surface area contributed by atoms with Crippen LogP contribution >= 0.6 is 0 Å². The van der Waals surface area contributed by atoms with Gasteiger partial charge in [0.15, 0.2) is 0 Å². The third-order valence-electron chi connectivity index (χ3n) is 6.52. The molecule has 0 bridgehead atoms. The first-order valence-electron chi connectivity index (χ1n) is 11.5. The second-order valence-electron chi connectivity index (χ2n) is 9.01. The zero-order valence-corrected chi connectivity index (χ0v) is 21.2.